The van der Waals surface area contributed by atoms with Crippen LogP contribution in [0, 0.1) is 0 Å². The average molecular weight is 486 g/mol. The Morgan fingerprint density at radius 3 is 1.39 bits per heavy atom. The smallest absolute Gasteiger partial charge is 0.271 e. The van der Waals surface area contributed by atoms with Crippen molar-refractivity contribution in [2.75, 3.05) is 50.4 Å². The molecule has 186 valence electrons. The minimum absolute atomic E-state index is 0.301. The monoisotopic (exact) mass is 485 g/mol. The molecule has 0 saturated carbocycles. The first-order valence-corrected chi connectivity index (χ1v) is 11.3. The fourth-order valence-corrected chi connectivity index (χ4v) is 3.25. The summed E-state index contributed by atoms with van der Waals surface area (Å²) in [6.45, 7) is 0. The summed E-state index contributed by atoms with van der Waals surface area (Å²) in [4.78, 5) is 28.7. The third-order valence-electron chi connectivity index (χ3n) is 5.32. The van der Waals surface area contributed by atoms with E-state index in [-0.39, 0.29) is 11.8 Å². The van der Waals surface area contributed by atoms with E-state index in [1.54, 1.807) is 43.7 Å². The molecular weight excluding hydrogens is 454 g/mol. The lowest BCUT2D eigenvalue weighted by Gasteiger charge is -2.12. The van der Waals surface area contributed by atoms with E-state index < -0.39 is 0 Å². The molecule has 0 aliphatic carbocycles. The molecule has 3 aromatic carbocycles. The minimum atomic E-state index is -0.301. The zero-order chi connectivity index (χ0) is 26.1. The quantitative estimate of drug-likeness (QED) is 0.319. The predicted octanol–water partition coefficient (Wildman–Crippen LogP) is 3.39. The zero-order valence-electron chi connectivity index (χ0n) is 21.1. The summed E-state index contributed by atoms with van der Waals surface area (Å²) in [5.74, 6) is -0.603. The van der Waals surface area contributed by atoms with Gasteiger partial charge >= 0.3 is 0 Å². The van der Waals surface area contributed by atoms with Crippen LogP contribution >= 0.6 is 0 Å². The third-order valence-corrected chi connectivity index (χ3v) is 5.32. The van der Waals surface area contributed by atoms with Crippen LogP contribution in [0.2, 0.25) is 0 Å². The van der Waals surface area contributed by atoms with Crippen LogP contribution in [0.1, 0.15) is 31.8 Å². The molecule has 0 aromatic heterocycles. The molecule has 3 N–H and O–H groups in total. The molecule has 3 aromatic rings. The maximum Gasteiger partial charge on any atom is 0.271 e. The number of amides is 2. The van der Waals surface area contributed by atoms with Crippen molar-refractivity contribution in [1.29, 1.82) is 0 Å². The highest BCUT2D eigenvalue weighted by Gasteiger charge is 2.06. The van der Waals surface area contributed by atoms with E-state index in [9.17, 15) is 9.59 Å². The Kier molecular flexibility index (Phi) is 8.77. The Hall–Kier alpha value is -4.66. The van der Waals surface area contributed by atoms with Gasteiger partial charge in [0.05, 0.1) is 12.4 Å². The van der Waals surface area contributed by atoms with E-state index in [4.69, 9.17) is 0 Å². The van der Waals surface area contributed by atoms with Crippen molar-refractivity contribution in [2.45, 2.75) is 0 Å². The number of carbonyl (C=O) groups is 2. The van der Waals surface area contributed by atoms with Crippen molar-refractivity contribution in [3.05, 3.63) is 89.0 Å². The molecule has 3 rings (SSSR count). The number of hydrogen-bond acceptors (Lipinski definition) is 7. The number of nitrogens with zero attached hydrogens (tertiary/aromatic N) is 4. The maximum absolute atomic E-state index is 12.4. The first kappa shape index (κ1) is 26.0. The van der Waals surface area contributed by atoms with Crippen LogP contribution in [0.25, 0.3) is 0 Å². The van der Waals surface area contributed by atoms with E-state index in [1.807, 2.05) is 80.5 Å². The van der Waals surface area contributed by atoms with Gasteiger partial charge < -0.3 is 15.1 Å². The number of rotatable bonds is 9. The van der Waals surface area contributed by atoms with E-state index in [0.717, 1.165) is 28.2 Å². The van der Waals surface area contributed by atoms with Gasteiger partial charge in [-0.05, 0) is 77.9 Å². The van der Waals surface area contributed by atoms with E-state index in [2.05, 4.69) is 26.4 Å². The molecule has 0 atom stereocenters. The molecule has 0 radical (unpaired) electrons. The first-order valence-electron chi connectivity index (χ1n) is 11.3. The van der Waals surface area contributed by atoms with Crippen LogP contribution in [0.5, 0.6) is 0 Å². The van der Waals surface area contributed by atoms with Crippen molar-refractivity contribution in [3.63, 3.8) is 0 Å². The molecule has 0 spiro atoms. The molecule has 9 nitrogen and oxygen atoms in total. The summed E-state index contributed by atoms with van der Waals surface area (Å²) < 4.78 is 0. The van der Waals surface area contributed by atoms with Gasteiger partial charge in [-0.25, -0.2) is 10.9 Å². The molecule has 0 bridgehead atoms. The van der Waals surface area contributed by atoms with Gasteiger partial charge in [0, 0.05) is 63.4 Å². The fraction of sp³-hybridized carbons (Fsp3) is 0.185. The van der Waals surface area contributed by atoms with Crippen LogP contribution in [0.3, 0.4) is 0 Å². The van der Waals surface area contributed by atoms with Crippen molar-refractivity contribution in [3.8, 4) is 0 Å². The van der Waals surface area contributed by atoms with Gasteiger partial charge in [-0.1, -0.05) is 0 Å². The second kappa shape index (κ2) is 12.2. The summed E-state index contributed by atoms with van der Waals surface area (Å²) in [5.41, 5.74) is 10.5. The van der Waals surface area contributed by atoms with Crippen LogP contribution < -0.4 is 26.0 Å². The Labute approximate surface area is 211 Å². The lowest BCUT2D eigenvalue weighted by molar-refractivity contribution is 0.0947. The predicted molar refractivity (Wildman–Crippen MR) is 148 cm³/mol. The maximum atomic E-state index is 12.4. The average Bonchev–Trinajstić information content (AvgIpc) is 2.88. The van der Waals surface area contributed by atoms with Crippen LogP contribution in [-0.2, 0) is 0 Å². The molecule has 9 heteroatoms. The molecule has 0 saturated heterocycles. The van der Waals surface area contributed by atoms with Crippen molar-refractivity contribution < 1.29 is 9.59 Å². The standard InChI is InChI=1S/C27H31N7O2/c1-28-23-15-19(17-29-31-26(35)21-6-10-24(11-7-21)33(2)3)14-20(16-23)18-30-32-27(36)22-8-12-25(13-9-22)34(4)5/h6-18,28H,1-5H3,(H,31,35)(H,32,36)/b29-17+,30-18+. The van der Waals surface area contributed by atoms with Gasteiger partial charge in [0.15, 0.2) is 0 Å². The van der Waals surface area contributed by atoms with E-state index >= 15 is 0 Å². The first-order chi connectivity index (χ1) is 17.3. The highest BCUT2D eigenvalue weighted by atomic mass is 16.2. The van der Waals surface area contributed by atoms with E-state index in [0.29, 0.717) is 11.1 Å². The second-order valence-electron chi connectivity index (χ2n) is 8.42. The van der Waals surface area contributed by atoms with Gasteiger partial charge in [0.2, 0.25) is 0 Å². The number of hydrazone groups is 2. The summed E-state index contributed by atoms with van der Waals surface area (Å²) in [6, 6.07) is 20.1. The van der Waals surface area contributed by atoms with Crippen molar-refractivity contribution in [2.24, 2.45) is 10.2 Å². The topological polar surface area (TPSA) is 101 Å². The highest BCUT2D eigenvalue weighted by molar-refractivity contribution is 5.96. The second-order valence-corrected chi connectivity index (χ2v) is 8.42. The normalized spacial score (nSPS) is 10.9. The lowest BCUT2D eigenvalue weighted by atomic mass is 10.1. The number of hydrogen-bond donors (Lipinski definition) is 3. The van der Waals surface area contributed by atoms with Gasteiger partial charge in [0.1, 0.15) is 0 Å². The Morgan fingerprint density at radius 1 is 0.667 bits per heavy atom. The van der Waals surface area contributed by atoms with Gasteiger partial charge in [-0.2, -0.15) is 10.2 Å². The molecule has 0 fully saturated rings. The molecular formula is C27H31N7O2. The largest absolute Gasteiger partial charge is 0.388 e. The number of nitrogens with one attached hydrogen (secondary N) is 3. The third kappa shape index (κ3) is 7.17. The summed E-state index contributed by atoms with van der Waals surface area (Å²) in [6.07, 6.45) is 3.10. The number of anilines is 3. The Bertz CT molecular complexity index is 1150. The van der Waals surface area contributed by atoms with Crippen LogP contribution in [0.15, 0.2) is 76.9 Å². The molecule has 36 heavy (non-hydrogen) atoms. The molecule has 0 unspecified atom stereocenters. The van der Waals surface area contributed by atoms with Crippen LogP contribution in [-0.4, -0.2) is 59.5 Å². The summed E-state index contributed by atoms with van der Waals surface area (Å²) >= 11 is 0. The number of carbonyl (C=O) groups excluding carboxylic acids is 2. The van der Waals surface area contributed by atoms with Crippen LogP contribution in [0.4, 0.5) is 17.1 Å². The van der Waals surface area contributed by atoms with Gasteiger partial charge in [-0.15, -0.1) is 0 Å². The SMILES string of the molecule is CNc1cc(/C=N/NC(=O)c2ccc(N(C)C)cc2)cc(/C=N/NC(=O)c2ccc(N(C)C)cc2)c1. The molecule has 0 aliphatic heterocycles. The summed E-state index contributed by atoms with van der Waals surface area (Å²) in [5, 5.41) is 11.2. The van der Waals surface area contributed by atoms with Crippen molar-refractivity contribution >= 4 is 41.3 Å². The van der Waals surface area contributed by atoms with E-state index in [1.165, 1.54) is 0 Å². The van der Waals surface area contributed by atoms with Gasteiger partial charge in [-0.3, -0.25) is 9.59 Å². The Balaban J connectivity index is 1.63. The number of benzene rings is 3. The summed E-state index contributed by atoms with van der Waals surface area (Å²) in [7, 11) is 9.56. The zero-order valence-corrected chi connectivity index (χ0v) is 21.1. The Morgan fingerprint density at radius 2 is 1.06 bits per heavy atom. The molecule has 0 heterocycles. The molecule has 2 amide bonds. The lowest BCUT2D eigenvalue weighted by Crippen LogP contribution is -2.18. The fourth-order valence-electron chi connectivity index (χ4n) is 3.25. The minimum Gasteiger partial charge on any atom is -0.388 e. The molecule has 0 aliphatic rings. The van der Waals surface area contributed by atoms with Gasteiger partial charge in [0.25, 0.3) is 11.8 Å². The van der Waals surface area contributed by atoms with Crippen molar-refractivity contribution in [1.82, 2.24) is 10.9 Å². The highest BCUT2D eigenvalue weighted by Crippen LogP contribution is 2.14.